The zero-order valence-corrected chi connectivity index (χ0v) is 16.5. The molecule has 26 heavy (non-hydrogen) atoms. The Hall–Kier alpha value is -2.36. The third-order valence-electron chi connectivity index (χ3n) is 4.32. The van der Waals surface area contributed by atoms with Crippen LogP contribution in [-0.2, 0) is 0 Å². The summed E-state index contributed by atoms with van der Waals surface area (Å²) in [5.41, 5.74) is 3.11. The van der Waals surface area contributed by atoms with Gasteiger partial charge in [0.1, 0.15) is 23.0 Å². The summed E-state index contributed by atoms with van der Waals surface area (Å²) in [5, 5.41) is 3.65. The highest BCUT2D eigenvalue weighted by Gasteiger charge is 2.28. The van der Waals surface area contributed by atoms with Crippen LogP contribution in [-0.4, -0.2) is 14.9 Å². The van der Waals surface area contributed by atoms with Gasteiger partial charge in [0, 0.05) is 17.3 Å². The van der Waals surface area contributed by atoms with E-state index < -0.39 is 0 Å². The summed E-state index contributed by atoms with van der Waals surface area (Å²) in [5.74, 6) is 0.576. The van der Waals surface area contributed by atoms with Crippen molar-refractivity contribution >= 4 is 11.5 Å². The number of hydrogen-bond donors (Lipinski definition) is 1. The van der Waals surface area contributed by atoms with E-state index in [0.29, 0.717) is 11.3 Å². The smallest absolute Gasteiger partial charge is 0.139 e. The first-order valence-electron chi connectivity index (χ1n) is 9.08. The minimum Gasteiger partial charge on any atom is -0.364 e. The Labute approximate surface area is 155 Å². The van der Waals surface area contributed by atoms with E-state index >= 15 is 0 Å². The standard InChI is InChI=1S/C22H28FN3/c1-15-11-12-18-24-19(16-9-7-8-10-17(16)23)20(26(18)13-15)25-22(5,6)14-21(2,3)4/h7-13,25H,14H2,1-6H3. The second kappa shape index (κ2) is 6.42. The van der Waals surface area contributed by atoms with Crippen LogP contribution in [0.25, 0.3) is 16.9 Å². The van der Waals surface area contributed by atoms with Gasteiger partial charge in [0.25, 0.3) is 0 Å². The summed E-state index contributed by atoms with van der Waals surface area (Å²) >= 11 is 0. The summed E-state index contributed by atoms with van der Waals surface area (Å²) in [4.78, 5) is 4.73. The van der Waals surface area contributed by atoms with Crippen molar-refractivity contribution in [2.24, 2.45) is 5.41 Å². The topological polar surface area (TPSA) is 29.3 Å². The molecule has 0 aliphatic carbocycles. The van der Waals surface area contributed by atoms with Crippen molar-refractivity contribution in [1.82, 2.24) is 9.38 Å². The van der Waals surface area contributed by atoms with Crippen LogP contribution < -0.4 is 5.32 Å². The molecule has 3 aromatic rings. The van der Waals surface area contributed by atoms with Gasteiger partial charge in [-0.1, -0.05) is 39.0 Å². The molecule has 0 saturated heterocycles. The van der Waals surface area contributed by atoms with Crippen molar-refractivity contribution in [2.75, 3.05) is 5.32 Å². The zero-order valence-electron chi connectivity index (χ0n) is 16.5. The molecule has 0 spiro atoms. The average molecular weight is 353 g/mol. The Morgan fingerprint density at radius 3 is 2.38 bits per heavy atom. The van der Waals surface area contributed by atoms with E-state index in [1.165, 1.54) is 6.07 Å². The van der Waals surface area contributed by atoms with Crippen LogP contribution in [0.4, 0.5) is 10.2 Å². The fourth-order valence-electron chi connectivity index (χ4n) is 3.80. The molecule has 0 bridgehead atoms. The summed E-state index contributed by atoms with van der Waals surface area (Å²) in [6, 6.07) is 10.8. The van der Waals surface area contributed by atoms with Gasteiger partial charge in [0.15, 0.2) is 0 Å². The van der Waals surface area contributed by atoms with E-state index in [0.717, 1.165) is 23.4 Å². The number of imidazole rings is 1. The van der Waals surface area contributed by atoms with Crippen LogP contribution in [0.2, 0.25) is 0 Å². The molecule has 138 valence electrons. The van der Waals surface area contributed by atoms with Crippen LogP contribution in [0.3, 0.4) is 0 Å². The normalized spacial score (nSPS) is 12.6. The summed E-state index contributed by atoms with van der Waals surface area (Å²) < 4.78 is 16.5. The molecule has 0 fully saturated rings. The number of nitrogens with zero attached hydrogens (tertiary/aromatic N) is 2. The molecule has 0 saturated carbocycles. The van der Waals surface area contributed by atoms with Gasteiger partial charge in [-0.2, -0.15) is 0 Å². The maximum atomic E-state index is 14.5. The molecule has 0 radical (unpaired) electrons. The molecule has 3 rings (SSSR count). The number of aryl methyl sites for hydroxylation is 1. The highest BCUT2D eigenvalue weighted by molar-refractivity contribution is 5.77. The lowest BCUT2D eigenvalue weighted by atomic mass is 9.82. The number of pyridine rings is 1. The Morgan fingerprint density at radius 1 is 1.04 bits per heavy atom. The molecule has 0 atom stereocenters. The number of halogens is 1. The SMILES string of the molecule is Cc1ccc2nc(-c3ccccc3F)c(NC(C)(C)CC(C)(C)C)n2c1. The van der Waals surface area contributed by atoms with Crippen molar-refractivity contribution in [3.05, 3.63) is 54.0 Å². The Bertz CT molecular complexity index is 932. The molecule has 4 heteroatoms. The highest BCUT2D eigenvalue weighted by atomic mass is 19.1. The predicted octanol–water partition coefficient (Wildman–Crippen LogP) is 6.08. The number of hydrogen-bond acceptors (Lipinski definition) is 2. The maximum Gasteiger partial charge on any atom is 0.139 e. The molecule has 0 unspecified atom stereocenters. The van der Waals surface area contributed by atoms with Crippen LogP contribution >= 0.6 is 0 Å². The number of rotatable bonds is 4. The minimum atomic E-state index is -0.260. The molecule has 3 nitrogen and oxygen atoms in total. The van der Waals surface area contributed by atoms with E-state index in [-0.39, 0.29) is 16.8 Å². The van der Waals surface area contributed by atoms with Crippen LogP contribution in [0.15, 0.2) is 42.6 Å². The van der Waals surface area contributed by atoms with Crippen molar-refractivity contribution in [1.29, 1.82) is 0 Å². The first-order chi connectivity index (χ1) is 12.1. The van der Waals surface area contributed by atoms with E-state index in [1.54, 1.807) is 12.1 Å². The van der Waals surface area contributed by atoms with Gasteiger partial charge in [-0.15, -0.1) is 0 Å². The van der Waals surface area contributed by atoms with Gasteiger partial charge in [0.05, 0.1) is 0 Å². The van der Waals surface area contributed by atoms with E-state index in [2.05, 4.69) is 39.9 Å². The van der Waals surface area contributed by atoms with Gasteiger partial charge in [-0.3, -0.25) is 4.40 Å². The number of aromatic nitrogens is 2. The first-order valence-corrected chi connectivity index (χ1v) is 9.08. The van der Waals surface area contributed by atoms with Crippen molar-refractivity contribution < 1.29 is 4.39 Å². The Balaban J connectivity index is 2.17. The molecule has 2 aromatic heterocycles. The van der Waals surface area contributed by atoms with Crippen LogP contribution in [0.5, 0.6) is 0 Å². The zero-order chi connectivity index (χ0) is 19.1. The van der Waals surface area contributed by atoms with E-state index in [1.807, 2.05) is 35.7 Å². The minimum absolute atomic E-state index is 0.169. The summed E-state index contributed by atoms with van der Waals surface area (Å²) in [6.45, 7) is 13.1. The lowest BCUT2D eigenvalue weighted by Crippen LogP contribution is -2.36. The van der Waals surface area contributed by atoms with Crippen molar-refractivity contribution in [3.63, 3.8) is 0 Å². The lowest BCUT2D eigenvalue weighted by molar-refractivity contribution is 0.302. The number of benzene rings is 1. The number of nitrogens with one attached hydrogen (secondary N) is 1. The Kier molecular flexibility index (Phi) is 4.55. The van der Waals surface area contributed by atoms with Crippen LogP contribution in [0.1, 0.15) is 46.6 Å². The quantitative estimate of drug-likeness (QED) is 0.616. The highest BCUT2D eigenvalue weighted by Crippen LogP contribution is 2.35. The van der Waals surface area contributed by atoms with Gasteiger partial charge < -0.3 is 5.32 Å². The second-order valence-corrected chi connectivity index (χ2v) is 8.97. The number of fused-ring (bicyclic) bond motifs is 1. The lowest BCUT2D eigenvalue weighted by Gasteiger charge is -2.34. The summed E-state index contributed by atoms with van der Waals surface area (Å²) in [7, 11) is 0. The molecule has 1 N–H and O–H groups in total. The van der Waals surface area contributed by atoms with Gasteiger partial charge in [-0.25, -0.2) is 9.37 Å². The molecule has 0 amide bonds. The average Bonchev–Trinajstić information content (AvgIpc) is 2.82. The predicted molar refractivity (Wildman–Crippen MR) is 107 cm³/mol. The molecule has 0 aliphatic heterocycles. The van der Waals surface area contributed by atoms with Gasteiger partial charge in [0.2, 0.25) is 0 Å². The van der Waals surface area contributed by atoms with Gasteiger partial charge in [-0.05, 0) is 56.4 Å². The fourth-order valence-corrected chi connectivity index (χ4v) is 3.80. The maximum absolute atomic E-state index is 14.5. The third kappa shape index (κ3) is 3.90. The monoisotopic (exact) mass is 353 g/mol. The van der Waals surface area contributed by atoms with Crippen LogP contribution in [0, 0.1) is 18.2 Å². The Morgan fingerprint density at radius 2 is 1.73 bits per heavy atom. The van der Waals surface area contributed by atoms with Crippen molar-refractivity contribution in [3.8, 4) is 11.3 Å². The van der Waals surface area contributed by atoms with E-state index in [4.69, 9.17) is 4.98 Å². The van der Waals surface area contributed by atoms with E-state index in [9.17, 15) is 4.39 Å². The first kappa shape index (κ1) is 18.4. The fraction of sp³-hybridized carbons (Fsp3) is 0.409. The molecular weight excluding hydrogens is 325 g/mol. The van der Waals surface area contributed by atoms with Crippen molar-refractivity contribution in [2.45, 2.75) is 53.5 Å². The number of anilines is 1. The molecule has 0 aliphatic rings. The molecule has 2 heterocycles. The molecular formula is C22H28FN3. The second-order valence-electron chi connectivity index (χ2n) is 8.97. The largest absolute Gasteiger partial charge is 0.364 e. The summed E-state index contributed by atoms with van der Waals surface area (Å²) in [6.07, 6.45) is 3.01. The molecule has 1 aromatic carbocycles. The third-order valence-corrected chi connectivity index (χ3v) is 4.32. The van der Waals surface area contributed by atoms with Gasteiger partial charge >= 0.3 is 0 Å².